The van der Waals surface area contributed by atoms with Crippen LogP contribution in [0.2, 0.25) is 0 Å². The van der Waals surface area contributed by atoms with Crippen molar-refractivity contribution in [1.29, 1.82) is 0 Å². The topological polar surface area (TPSA) is 337 Å². The number of aromatic amines is 1. The highest BCUT2D eigenvalue weighted by Crippen LogP contribution is 2.57. The minimum Gasteiger partial charge on any atom is -0.394 e. The van der Waals surface area contributed by atoms with Crippen LogP contribution in [0.15, 0.2) is 21.9 Å². The summed E-state index contributed by atoms with van der Waals surface area (Å²) in [6.07, 6.45) is -17.4. The highest BCUT2D eigenvalue weighted by Gasteiger charge is 2.48. The second-order valence-electron chi connectivity index (χ2n) is 8.63. The van der Waals surface area contributed by atoms with E-state index in [2.05, 4.69) is 13.6 Å². The van der Waals surface area contributed by atoms with Gasteiger partial charge in [0.05, 0.1) is 13.2 Å². The van der Waals surface area contributed by atoms with E-state index in [-0.39, 0.29) is 0 Å². The summed E-state index contributed by atoms with van der Waals surface area (Å²) in [6, 6.07) is -0.888. The quantitative estimate of drug-likeness (QED) is 0.114. The number of nitrogens with one attached hydrogen (secondary N) is 2. The van der Waals surface area contributed by atoms with Gasteiger partial charge in [-0.3, -0.25) is 23.7 Å². The van der Waals surface area contributed by atoms with Gasteiger partial charge in [0, 0.05) is 12.3 Å². The minimum absolute atomic E-state index is 0.704. The zero-order valence-electron chi connectivity index (χ0n) is 20.9. The number of rotatable bonds is 8. The summed E-state index contributed by atoms with van der Waals surface area (Å²) in [6.45, 7) is -1.66. The van der Waals surface area contributed by atoms with E-state index in [0.717, 1.165) is 16.8 Å². The fourth-order valence-corrected chi connectivity index (χ4v) is 5.14. The summed E-state index contributed by atoms with van der Waals surface area (Å²) < 4.78 is 76.1. The summed E-state index contributed by atoms with van der Waals surface area (Å²) >= 11 is 0. The van der Waals surface area contributed by atoms with Gasteiger partial charge in [0.15, 0.2) is 12.5 Å². The molecule has 26 heteroatoms. The molecule has 0 aliphatic carbocycles. The molecule has 11 N–H and O–H groups in total. The second kappa shape index (κ2) is 14.3. The molecule has 0 saturated carbocycles. The number of halogens is 3. The first-order chi connectivity index (χ1) is 19.6. The normalized spacial score (nSPS) is 32.8. The lowest BCUT2D eigenvalue weighted by molar-refractivity contribution is -0.256. The number of aliphatic hydroxyl groups excluding tert-OH is 6. The largest absolute Gasteiger partial charge is 0.481 e. The van der Waals surface area contributed by atoms with Crippen LogP contribution < -0.4 is 16.6 Å². The Hall–Kier alpha value is -2.12. The van der Waals surface area contributed by atoms with E-state index in [4.69, 9.17) is 24.5 Å². The van der Waals surface area contributed by atoms with Crippen LogP contribution in [0.4, 0.5) is 13.2 Å². The van der Waals surface area contributed by atoms with Gasteiger partial charge < -0.3 is 60.1 Å². The third-order valence-electron chi connectivity index (χ3n) is 5.53. The van der Waals surface area contributed by atoms with Crippen molar-refractivity contribution in [2.45, 2.75) is 61.4 Å². The summed E-state index contributed by atoms with van der Waals surface area (Å²) in [5, 5.41) is 57.9. The molecule has 1 amide bonds. The standard InChI is InChI=1S/C9H14N2O12P2.C8H12F3NO6/c12-5-1-2-11(9(15)10-5)8-7(14)6(13)4(22-8)3-21-25(19,20)23-24(16,17)18;9-8(10,11)7(17)12-3-5(15)4(14)2(1-13)18-6(3)16/h1-2,4,6-8,13-14H,3H2,(H,19,20)(H,10,12,15)(H2,16,17,18);2-6,13-16H,1H2,(H,12,17)/t4-,6-,7-,8-;2-,3-,4-,5-,6?/m11/s1. The first kappa shape index (κ1) is 37.1. The van der Waals surface area contributed by atoms with Crippen LogP contribution >= 0.6 is 15.6 Å². The number of phosphoric acid groups is 2. The molecule has 21 nitrogen and oxygen atoms in total. The van der Waals surface area contributed by atoms with E-state index in [1.54, 1.807) is 0 Å². The Morgan fingerprint density at radius 2 is 1.58 bits per heavy atom. The van der Waals surface area contributed by atoms with Crippen molar-refractivity contribution >= 4 is 21.6 Å². The lowest BCUT2D eigenvalue weighted by Gasteiger charge is -2.40. The van der Waals surface area contributed by atoms with Crippen molar-refractivity contribution in [3.05, 3.63) is 33.1 Å². The van der Waals surface area contributed by atoms with E-state index < -0.39 is 107 Å². The second-order valence-corrected chi connectivity index (χ2v) is 11.5. The summed E-state index contributed by atoms with van der Waals surface area (Å²) in [4.78, 5) is 61.3. The van der Waals surface area contributed by atoms with Gasteiger partial charge in [-0.25, -0.2) is 13.9 Å². The average Bonchev–Trinajstić information content (AvgIpc) is 3.14. The van der Waals surface area contributed by atoms with Crippen LogP contribution in [0.5, 0.6) is 0 Å². The molecule has 1 aromatic heterocycles. The van der Waals surface area contributed by atoms with Crippen LogP contribution in [-0.2, 0) is 32.2 Å². The van der Waals surface area contributed by atoms with Crippen molar-refractivity contribution in [2.24, 2.45) is 0 Å². The Kier molecular flexibility index (Phi) is 12.3. The fourth-order valence-electron chi connectivity index (χ4n) is 3.54. The van der Waals surface area contributed by atoms with Gasteiger partial charge in [0.2, 0.25) is 0 Å². The molecule has 248 valence electrons. The number of amides is 1. The van der Waals surface area contributed by atoms with Crippen molar-refractivity contribution in [3.63, 3.8) is 0 Å². The first-order valence-corrected chi connectivity index (χ1v) is 14.4. The highest BCUT2D eigenvalue weighted by molar-refractivity contribution is 7.60. The molecule has 2 fully saturated rings. The number of carbonyl (C=O) groups is 1. The molecule has 1 aromatic rings. The number of carbonyl (C=O) groups excluding carboxylic acids is 1. The third kappa shape index (κ3) is 10.2. The maximum absolute atomic E-state index is 12.0. The Balaban J connectivity index is 0.000000317. The molecular weight excluding hydrogens is 653 g/mol. The minimum atomic E-state index is -5.32. The molecule has 2 unspecified atom stereocenters. The van der Waals surface area contributed by atoms with Crippen LogP contribution in [0.1, 0.15) is 6.23 Å². The highest BCUT2D eigenvalue weighted by atomic mass is 31.3. The summed E-state index contributed by atoms with van der Waals surface area (Å²) in [5.41, 5.74) is -1.65. The lowest BCUT2D eigenvalue weighted by Crippen LogP contribution is -2.65. The molecule has 2 aliphatic heterocycles. The number of alkyl halides is 3. The third-order valence-corrected chi connectivity index (χ3v) is 7.68. The predicted molar refractivity (Wildman–Crippen MR) is 124 cm³/mol. The maximum Gasteiger partial charge on any atom is 0.481 e. The lowest BCUT2D eigenvalue weighted by atomic mass is 9.97. The van der Waals surface area contributed by atoms with Crippen molar-refractivity contribution in [1.82, 2.24) is 14.9 Å². The molecule has 0 radical (unpaired) electrons. The van der Waals surface area contributed by atoms with E-state index in [0.29, 0.717) is 0 Å². The smallest absolute Gasteiger partial charge is 0.394 e. The number of hydrogen-bond acceptors (Lipinski definition) is 15. The van der Waals surface area contributed by atoms with E-state index in [1.807, 2.05) is 4.98 Å². The van der Waals surface area contributed by atoms with Crippen LogP contribution in [0.25, 0.3) is 0 Å². The number of phosphoric ester groups is 1. The average molecular weight is 679 g/mol. The van der Waals surface area contributed by atoms with Crippen molar-refractivity contribution in [3.8, 4) is 0 Å². The zero-order valence-corrected chi connectivity index (χ0v) is 22.7. The predicted octanol–water partition coefficient (Wildman–Crippen LogP) is -5.15. The van der Waals surface area contributed by atoms with Gasteiger partial charge in [-0.1, -0.05) is 0 Å². The van der Waals surface area contributed by atoms with Gasteiger partial charge in [0.25, 0.3) is 5.56 Å². The number of H-pyrrole nitrogens is 1. The van der Waals surface area contributed by atoms with Gasteiger partial charge in [-0.2, -0.15) is 17.5 Å². The van der Waals surface area contributed by atoms with Gasteiger partial charge in [-0.15, -0.1) is 0 Å². The number of ether oxygens (including phenoxy) is 2. The molecule has 10 atom stereocenters. The Morgan fingerprint density at radius 1 is 1.00 bits per heavy atom. The Morgan fingerprint density at radius 3 is 2.09 bits per heavy atom. The molecule has 0 spiro atoms. The van der Waals surface area contributed by atoms with E-state index in [9.17, 15) is 62.2 Å². The van der Waals surface area contributed by atoms with Crippen LogP contribution in [0, 0.1) is 0 Å². The Bertz CT molecular complexity index is 1320. The van der Waals surface area contributed by atoms with Crippen molar-refractivity contribution in [2.75, 3.05) is 13.2 Å². The first-order valence-electron chi connectivity index (χ1n) is 11.3. The molecule has 2 aliphatic rings. The van der Waals surface area contributed by atoms with Gasteiger partial charge >= 0.3 is 33.4 Å². The van der Waals surface area contributed by atoms with Gasteiger partial charge in [-0.05, 0) is 0 Å². The number of hydrogen-bond donors (Lipinski definition) is 11. The van der Waals surface area contributed by atoms with E-state index >= 15 is 0 Å². The summed E-state index contributed by atoms with van der Waals surface area (Å²) in [5.74, 6) is -2.39. The molecule has 3 rings (SSSR count). The van der Waals surface area contributed by atoms with E-state index in [1.165, 1.54) is 5.32 Å². The fraction of sp³-hybridized carbons (Fsp3) is 0.706. The molecule has 3 heterocycles. The van der Waals surface area contributed by atoms with Crippen LogP contribution in [0.3, 0.4) is 0 Å². The summed E-state index contributed by atoms with van der Waals surface area (Å²) in [7, 11) is -10.5. The molecule has 43 heavy (non-hydrogen) atoms. The molecule has 2 saturated heterocycles. The molecule has 0 aromatic carbocycles. The molecular formula is C17H26F3N3O18P2. The number of nitrogens with zero attached hydrogens (tertiary/aromatic N) is 1. The van der Waals surface area contributed by atoms with Gasteiger partial charge in [0.1, 0.15) is 42.7 Å². The maximum atomic E-state index is 12.0. The van der Waals surface area contributed by atoms with Crippen LogP contribution in [-0.4, -0.2) is 129 Å². The number of aliphatic hydroxyl groups is 6. The Labute approximate surface area is 235 Å². The number of aromatic nitrogens is 2. The monoisotopic (exact) mass is 679 g/mol. The molecule has 0 bridgehead atoms. The zero-order chi connectivity index (χ0) is 33.1. The SMILES string of the molecule is O=C(N[C@H]1C(O)O[C@H](CO)[C@@H](O)[C@@H]1O)C(F)(F)F.O=c1ccn([C@@H]2O[C@H](COP(=O)(O)OP(=O)(O)O)[C@@H](O)[C@H]2O)c(=O)[nH]1. The van der Waals surface area contributed by atoms with Crippen molar-refractivity contribution < 1.29 is 90.7 Å².